The van der Waals surface area contributed by atoms with E-state index in [-0.39, 0.29) is 32.5 Å². The molecule has 4 atom stereocenters. The summed E-state index contributed by atoms with van der Waals surface area (Å²) in [5, 5.41) is 14.2. The molecule has 0 spiro atoms. The Hall–Kier alpha value is -2.20. The van der Waals surface area contributed by atoms with Crippen molar-refractivity contribution in [2.75, 3.05) is 0 Å². The maximum atomic E-state index is 15.7. The summed E-state index contributed by atoms with van der Waals surface area (Å²) < 4.78 is 37.0. The highest BCUT2D eigenvalue weighted by atomic mass is 35.5. The topological polar surface area (TPSA) is 62.1 Å². The van der Waals surface area contributed by atoms with Crippen molar-refractivity contribution in [3.8, 4) is 6.07 Å². The summed E-state index contributed by atoms with van der Waals surface area (Å²) in [4.78, 5) is 13.6. The highest BCUT2D eigenvalue weighted by Gasteiger charge is 2.62. The first-order chi connectivity index (χ1) is 17.0. The molecule has 1 fully saturated rings. The van der Waals surface area contributed by atoms with Gasteiger partial charge in [-0.05, 0) is 62.3 Å². The minimum Gasteiger partial charge on any atom is -0.459 e. The Morgan fingerprint density at radius 1 is 1.16 bits per heavy atom. The zero-order valence-electron chi connectivity index (χ0n) is 22.3. The number of ether oxygens (including phenoxy) is 1. The van der Waals surface area contributed by atoms with Crippen molar-refractivity contribution >= 4 is 29.2 Å². The van der Waals surface area contributed by atoms with E-state index in [4.69, 9.17) is 27.9 Å². The van der Waals surface area contributed by atoms with Crippen LogP contribution in [0.4, 0.5) is 8.78 Å². The fraction of sp³-hybridized carbons (Fsp3) is 0.517. The standard InChI is InChI=1S/C29H34Cl2F2N2O2/c1-16(2)28(6,7)14-22-29(15-34,19-12-11-17(30)13-21(19)32)23(18-9-8-10-20(31)24(18)33)25(35-22)26(36)37-27(3,4)5/h8-13,16,22-23,25,35H,14H2,1-7H3. The van der Waals surface area contributed by atoms with Crippen molar-refractivity contribution in [3.63, 3.8) is 0 Å². The third-order valence-electron chi connectivity index (χ3n) is 7.59. The third kappa shape index (κ3) is 5.65. The van der Waals surface area contributed by atoms with Crippen LogP contribution in [0, 0.1) is 34.3 Å². The number of benzene rings is 2. The maximum absolute atomic E-state index is 15.7. The molecule has 0 amide bonds. The summed E-state index contributed by atoms with van der Waals surface area (Å²) in [5.74, 6) is -3.07. The van der Waals surface area contributed by atoms with Crippen molar-refractivity contribution in [3.05, 3.63) is 69.2 Å². The molecule has 200 valence electrons. The lowest BCUT2D eigenvalue weighted by Gasteiger charge is -2.39. The molecule has 8 heteroatoms. The van der Waals surface area contributed by atoms with E-state index in [2.05, 4.69) is 39.1 Å². The van der Waals surface area contributed by atoms with E-state index in [0.717, 1.165) is 6.07 Å². The molecule has 0 radical (unpaired) electrons. The number of hydrogen-bond acceptors (Lipinski definition) is 4. The van der Waals surface area contributed by atoms with Gasteiger partial charge in [0.15, 0.2) is 0 Å². The fourth-order valence-electron chi connectivity index (χ4n) is 5.05. The molecule has 0 aromatic heterocycles. The summed E-state index contributed by atoms with van der Waals surface area (Å²) in [5.41, 5.74) is -2.77. The molecule has 3 rings (SSSR count). The van der Waals surface area contributed by atoms with Crippen LogP contribution in [0.2, 0.25) is 10.0 Å². The average molecular weight is 552 g/mol. The van der Waals surface area contributed by atoms with Gasteiger partial charge in [-0.15, -0.1) is 0 Å². The van der Waals surface area contributed by atoms with Gasteiger partial charge in [-0.25, -0.2) is 8.78 Å². The highest BCUT2D eigenvalue weighted by molar-refractivity contribution is 6.31. The summed E-state index contributed by atoms with van der Waals surface area (Å²) in [6.07, 6.45) is 0.401. The second-order valence-corrected chi connectivity index (χ2v) is 12.6. The largest absolute Gasteiger partial charge is 0.459 e. The monoisotopic (exact) mass is 550 g/mol. The van der Waals surface area contributed by atoms with E-state index >= 15 is 8.78 Å². The minimum atomic E-state index is -1.69. The number of nitrogens with zero attached hydrogens (tertiary/aromatic N) is 1. The van der Waals surface area contributed by atoms with Gasteiger partial charge >= 0.3 is 5.97 Å². The van der Waals surface area contributed by atoms with Gasteiger partial charge in [-0.3, -0.25) is 10.1 Å². The summed E-state index contributed by atoms with van der Waals surface area (Å²) in [6, 6.07) is 8.98. The molecule has 1 saturated heterocycles. The average Bonchev–Trinajstić information content (AvgIpc) is 3.08. The number of carbonyl (C=O) groups excluding carboxylic acids is 1. The van der Waals surface area contributed by atoms with Gasteiger partial charge < -0.3 is 4.74 Å². The lowest BCUT2D eigenvalue weighted by molar-refractivity contribution is -0.157. The van der Waals surface area contributed by atoms with E-state index in [9.17, 15) is 10.1 Å². The molecule has 1 heterocycles. The SMILES string of the molecule is CC(C)C(C)(C)CC1NC(C(=O)OC(C)(C)C)C(c2cccc(Cl)c2F)C1(C#N)c1ccc(Cl)cc1F. The first kappa shape index (κ1) is 29.4. The molecule has 1 aliphatic rings. The van der Waals surface area contributed by atoms with Gasteiger partial charge in [-0.2, -0.15) is 5.26 Å². The highest BCUT2D eigenvalue weighted by Crippen LogP contribution is 2.53. The zero-order valence-corrected chi connectivity index (χ0v) is 23.8. The summed E-state index contributed by atoms with van der Waals surface area (Å²) >= 11 is 12.2. The summed E-state index contributed by atoms with van der Waals surface area (Å²) in [6.45, 7) is 13.4. The van der Waals surface area contributed by atoms with Crippen molar-refractivity contribution in [2.24, 2.45) is 11.3 Å². The Morgan fingerprint density at radius 3 is 2.35 bits per heavy atom. The van der Waals surface area contributed by atoms with Crippen LogP contribution in [-0.2, 0) is 14.9 Å². The second-order valence-electron chi connectivity index (χ2n) is 11.8. The number of rotatable bonds is 6. The smallest absolute Gasteiger partial charge is 0.324 e. The van der Waals surface area contributed by atoms with Crippen LogP contribution in [0.3, 0.4) is 0 Å². The van der Waals surface area contributed by atoms with Crippen LogP contribution in [0.15, 0.2) is 36.4 Å². The van der Waals surface area contributed by atoms with E-state index in [1.807, 2.05) is 0 Å². The van der Waals surface area contributed by atoms with Crippen molar-refractivity contribution in [1.29, 1.82) is 5.26 Å². The Labute approximate surface area is 228 Å². The van der Waals surface area contributed by atoms with Gasteiger partial charge in [-0.1, -0.05) is 69.1 Å². The van der Waals surface area contributed by atoms with Gasteiger partial charge in [0.05, 0.1) is 11.1 Å². The van der Waals surface area contributed by atoms with Crippen LogP contribution in [0.25, 0.3) is 0 Å². The Bertz CT molecular complexity index is 1220. The zero-order chi connectivity index (χ0) is 27.9. The predicted octanol–water partition coefficient (Wildman–Crippen LogP) is 7.57. The normalized spacial score (nSPS) is 24.2. The van der Waals surface area contributed by atoms with Crippen LogP contribution in [-0.4, -0.2) is 23.7 Å². The molecule has 4 unspecified atom stereocenters. The number of nitriles is 1. The quantitative estimate of drug-likeness (QED) is 0.376. The van der Waals surface area contributed by atoms with Gasteiger partial charge in [0.2, 0.25) is 0 Å². The molecule has 2 aromatic carbocycles. The van der Waals surface area contributed by atoms with E-state index in [0.29, 0.717) is 6.42 Å². The molecule has 2 aromatic rings. The Balaban J connectivity index is 2.38. The molecule has 4 nitrogen and oxygen atoms in total. The Morgan fingerprint density at radius 2 is 1.81 bits per heavy atom. The lowest BCUT2D eigenvalue weighted by atomic mass is 9.61. The number of hydrogen-bond donors (Lipinski definition) is 1. The molecule has 37 heavy (non-hydrogen) atoms. The van der Waals surface area contributed by atoms with Crippen LogP contribution in [0.1, 0.15) is 71.9 Å². The lowest BCUT2D eigenvalue weighted by Crippen LogP contribution is -2.46. The van der Waals surface area contributed by atoms with Gasteiger partial charge in [0, 0.05) is 22.5 Å². The molecular formula is C29H34Cl2F2N2O2. The van der Waals surface area contributed by atoms with Crippen molar-refractivity contribution in [2.45, 2.75) is 83.9 Å². The van der Waals surface area contributed by atoms with E-state index in [1.165, 1.54) is 24.3 Å². The number of nitrogens with one attached hydrogen (secondary N) is 1. The van der Waals surface area contributed by atoms with Crippen LogP contribution in [0.5, 0.6) is 0 Å². The predicted molar refractivity (Wildman–Crippen MR) is 143 cm³/mol. The summed E-state index contributed by atoms with van der Waals surface area (Å²) in [7, 11) is 0. The van der Waals surface area contributed by atoms with Gasteiger partial charge in [0.25, 0.3) is 0 Å². The fourth-order valence-corrected chi connectivity index (χ4v) is 5.39. The molecular weight excluding hydrogens is 517 g/mol. The van der Waals surface area contributed by atoms with E-state index < -0.39 is 46.6 Å². The van der Waals surface area contributed by atoms with E-state index in [1.54, 1.807) is 26.8 Å². The first-order valence-corrected chi connectivity index (χ1v) is 13.1. The van der Waals surface area contributed by atoms with Crippen molar-refractivity contribution < 1.29 is 18.3 Å². The number of carbonyl (C=O) groups is 1. The maximum Gasteiger partial charge on any atom is 0.324 e. The Kier molecular flexibility index (Phi) is 8.34. The van der Waals surface area contributed by atoms with Gasteiger partial charge in [0.1, 0.15) is 28.7 Å². The number of esters is 1. The minimum absolute atomic E-state index is 0.0342. The molecule has 1 N–H and O–H groups in total. The van der Waals surface area contributed by atoms with Crippen LogP contribution >= 0.6 is 23.2 Å². The molecule has 0 bridgehead atoms. The number of halogens is 4. The first-order valence-electron chi connectivity index (χ1n) is 12.3. The molecule has 0 saturated carbocycles. The van der Waals surface area contributed by atoms with Crippen molar-refractivity contribution in [1.82, 2.24) is 5.32 Å². The van der Waals surface area contributed by atoms with Crippen LogP contribution < -0.4 is 5.32 Å². The molecule has 0 aliphatic carbocycles. The molecule has 1 aliphatic heterocycles. The second kappa shape index (κ2) is 10.5. The third-order valence-corrected chi connectivity index (χ3v) is 8.11.